The van der Waals surface area contributed by atoms with Crippen molar-refractivity contribution in [3.05, 3.63) is 35.9 Å². The van der Waals surface area contributed by atoms with Crippen LogP contribution in [0, 0.1) is 11.8 Å². The third-order valence-electron chi connectivity index (χ3n) is 8.42. The first-order chi connectivity index (χ1) is 18.3. The monoisotopic (exact) mass is 541 g/mol. The molecular weight excluding hydrogens is 498 g/mol. The molecule has 5 N–H and O–H groups in total. The van der Waals surface area contributed by atoms with Crippen molar-refractivity contribution in [2.75, 3.05) is 12.3 Å². The van der Waals surface area contributed by atoms with E-state index < -0.39 is 11.6 Å². The predicted octanol–water partition coefficient (Wildman–Crippen LogP) is 3.38. The Labute approximate surface area is 230 Å². The van der Waals surface area contributed by atoms with Crippen molar-refractivity contribution in [2.45, 2.75) is 94.5 Å². The molecule has 1 aromatic rings. The number of hydrogen-bond acceptors (Lipinski definition) is 5. The van der Waals surface area contributed by atoms with Gasteiger partial charge in [-0.2, -0.15) is 0 Å². The second-order valence-corrected chi connectivity index (χ2v) is 12.5. The van der Waals surface area contributed by atoms with E-state index in [0.717, 1.165) is 24.8 Å². The van der Waals surface area contributed by atoms with Gasteiger partial charge in [0.15, 0.2) is 11.7 Å². The van der Waals surface area contributed by atoms with E-state index in [1.54, 1.807) is 11.8 Å². The average molecular weight is 542 g/mol. The van der Waals surface area contributed by atoms with Crippen LogP contribution in [-0.4, -0.2) is 57.7 Å². The van der Waals surface area contributed by atoms with Crippen LogP contribution in [0.15, 0.2) is 35.3 Å². The summed E-state index contributed by atoms with van der Waals surface area (Å²) in [6.07, 6.45) is 10.2. The fourth-order valence-electron chi connectivity index (χ4n) is 6.25. The Balaban J connectivity index is 1.45. The number of ketones is 1. The van der Waals surface area contributed by atoms with Crippen molar-refractivity contribution >= 4 is 35.3 Å². The maximum Gasteiger partial charge on any atom is 0.247 e. The van der Waals surface area contributed by atoms with Gasteiger partial charge in [-0.3, -0.25) is 19.4 Å². The number of Topliss-reactive ketones (excluding diaryl/α,β-unsaturated/α-hetero) is 1. The number of benzene rings is 1. The molecule has 0 aromatic heterocycles. The number of carbonyl (C=O) groups is 3. The van der Waals surface area contributed by atoms with Crippen molar-refractivity contribution in [1.82, 2.24) is 10.2 Å². The maximum absolute atomic E-state index is 13.8. The summed E-state index contributed by atoms with van der Waals surface area (Å²) >= 11 is 1.69. The van der Waals surface area contributed by atoms with Gasteiger partial charge in [0.2, 0.25) is 11.8 Å². The summed E-state index contributed by atoms with van der Waals surface area (Å²) in [4.78, 5) is 46.8. The second-order valence-electron chi connectivity index (χ2n) is 11.4. The van der Waals surface area contributed by atoms with Crippen LogP contribution in [0.25, 0.3) is 0 Å². The van der Waals surface area contributed by atoms with Gasteiger partial charge in [-0.05, 0) is 50.5 Å². The van der Waals surface area contributed by atoms with Crippen LogP contribution in [0.2, 0.25) is 0 Å². The van der Waals surface area contributed by atoms with Gasteiger partial charge >= 0.3 is 0 Å². The molecule has 1 saturated carbocycles. The molecule has 3 aliphatic rings. The van der Waals surface area contributed by atoms with E-state index in [4.69, 9.17) is 11.5 Å². The van der Waals surface area contributed by atoms with Gasteiger partial charge in [0.05, 0.1) is 11.4 Å². The SMILES string of the molecule is CC1(C(=O)NC(CCCN=C(N)N)C(=O)Cc2ccccc2)CSC2CC[C@@H](CC3CCCCC3)C(=O)N21. The third kappa shape index (κ3) is 6.90. The molecule has 9 heteroatoms. The van der Waals surface area contributed by atoms with Crippen LogP contribution in [0.4, 0.5) is 0 Å². The Hall–Kier alpha value is -2.55. The van der Waals surface area contributed by atoms with Crippen LogP contribution >= 0.6 is 11.8 Å². The summed E-state index contributed by atoms with van der Waals surface area (Å²) in [6.45, 7) is 2.25. The number of guanidine groups is 1. The molecule has 3 fully saturated rings. The molecular formula is C29H43N5O3S. The van der Waals surface area contributed by atoms with E-state index in [1.807, 2.05) is 42.2 Å². The summed E-state index contributed by atoms with van der Waals surface area (Å²) in [5.41, 5.74) is 10.8. The van der Waals surface area contributed by atoms with E-state index in [0.29, 0.717) is 31.1 Å². The molecule has 3 unspecified atom stereocenters. The first-order valence-corrected chi connectivity index (χ1v) is 15.2. The minimum atomic E-state index is -0.969. The van der Waals surface area contributed by atoms with Crippen LogP contribution in [0.3, 0.4) is 0 Å². The van der Waals surface area contributed by atoms with Crippen molar-refractivity contribution in [2.24, 2.45) is 28.3 Å². The number of fused-ring (bicyclic) bond motifs is 1. The number of nitrogens with zero attached hydrogens (tertiary/aromatic N) is 2. The standard InChI is InChI=1S/C29H43N5O3S/c1-29(19-38-25-15-14-22(26(36)34(25)29)17-20-9-4-2-5-10-20)27(37)33-23(13-8-16-32-28(30)31)24(35)18-21-11-6-3-7-12-21/h3,6-7,11-12,20,22-23,25H,2,4-5,8-10,13-19H2,1H3,(H,33,37)(H4,30,31,32)/t22-,23?,25?,29?/m0/s1. The molecule has 2 aliphatic heterocycles. The lowest BCUT2D eigenvalue weighted by Crippen LogP contribution is -2.63. The van der Waals surface area contributed by atoms with E-state index in [1.165, 1.54) is 32.1 Å². The zero-order valence-electron chi connectivity index (χ0n) is 22.6. The minimum absolute atomic E-state index is 0.00438. The molecule has 208 valence electrons. The average Bonchev–Trinajstić information content (AvgIpc) is 3.26. The smallest absolute Gasteiger partial charge is 0.247 e. The quantitative estimate of drug-likeness (QED) is 0.224. The van der Waals surface area contributed by atoms with Gasteiger partial charge in [-0.15, -0.1) is 11.8 Å². The van der Waals surface area contributed by atoms with Crippen molar-refractivity contribution in [3.8, 4) is 0 Å². The number of hydrogen-bond donors (Lipinski definition) is 3. The van der Waals surface area contributed by atoms with Crippen LogP contribution < -0.4 is 16.8 Å². The number of amides is 2. The Bertz CT molecular complexity index is 1010. The first-order valence-electron chi connectivity index (χ1n) is 14.2. The second kappa shape index (κ2) is 13.0. The lowest BCUT2D eigenvalue weighted by molar-refractivity contribution is -0.152. The highest BCUT2D eigenvalue weighted by molar-refractivity contribution is 8.00. The van der Waals surface area contributed by atoms with E-state index in [2.05, 4.69) is 10.3 Å². The Morgan fingerprint density at radius 1 is 1.13 bits per heavy atom. The van der Waals surface area contributed by atoms with E-state index >= 15 is 0 Å². The Morgan fingerprint density at radius 2 is 1.87 bits per heavy atom. The van der Waals surface area contributed by atoms with E-state index in [9.17, 15) is 14.4 Å². The summed E-state index contributed by atoms with van der Waals surface area (Å²) in [5, 5.41) is 3.08. The molecule has 1 aromatic carbocycles. The number of rotatable bonds is 11. The zero-order chi connectivity index (χ0) is 27.1. The molecule has 4 rings (SSSR count). The fourth-order valence-corrected chi connectivity index (χ4v) is 7.83. The normalized spacial score (nSPS) is 26.4. The van der Waals surface area contributed by atoms with Gasteiger partial charge in [0.1, 0.15) is 5.54 Å². The molecule has 2 saturated heterocycles. The van der Waals surface area contributed by atoms with Crippen molar-refractivity contribution in [3.63, 3.8) is 0 Å². The predicted molar refractivity (Wildman–Crippen MR) is 152 cm³/mol. The molecule has 38 heavy (non-hydrogen) atoms. The number of nitrogens with one attached hydrogen (secondary N) is 1. The van der Waals surface area contributed by atoms with Gasteiger partial charge in [0.25, 0.3) is 0 Å². The molecule has 1 aliphatic carbocycles. The van der Waals surface area contributed by atoms with Crippen molar-refractivity contribution < 1.29 is 14.4 Å². The van der Waals surface area contributed by atoms with Gasteiger partial charge in [-0.25, -0.2) is 0 Å². The highest BCUT2D eigenvalue weighted by Gasteiger charge is 2.54. The highest BCUT2D eigenvalue weighted by Crippen LogP contribution is 2.45. The highest BCUT2D eigenvalue weighted by atomic mass is 32.2. The lowest BCUT2D eigenvalue weighted by atomic mass is 9.79. The van der Waals surface area contributed by atoms with Crippen LogP contribution in [0.5, 0.6) is 0 Å². The summed E-state index contributed by atoms with van der Waals surface area (Å²) in [6, 6.07) is 8.86. The number of thioether (sulfide) groups is 1. The third-order valence-corrected chi connectivity index (χ3v) is 9.98. The summed E-state index contributed by atoms with van der Waals surface area (Å²) in [7, 11) is 0. The number of nitrogens with two attached hydrogens (primary N) is 2. The summed E-state index contributed by atoms with van der Waals surface area (Å²) in [5.74, 6) is 0.986. The molecule has 0 spiro atoms. The Kier molecular flexibility index (Phi) is 9.74. The largest absolute Gasteiger partial charge is 0.370 e. The van der Waals surface area contributed by atoms with E-state index in [-0.39, 0.29) is 41.3 Å². The molecule has 2 heterocycles. The number of carbonyl (C=O) groups excluding carboxylic acids is 3. The van der Waals surface area contributed by atoms with Gasteiger partial charge in [0, 0.05) is 24.6 Å². The van der Waals surface area contributed by atoms with Gasteiger partial charge in [-0.1, -0.05) is 62.4 Å². The molecule has 2 amide bonds. The van der Waals surface area contributed by atoms with Crippen molar-refractivity contribution in [1.29, 1.82) is 0 Å². The first kappa shape index (κ1) is 28.5. The Morgan fingerprint density at radius 3 is 2.58 bits per heavy atom. The molecule has 8 nitrogen and oxygen atoms in total. The minimum Gasteiger partial charge on any atom is -0.370 e. The maximum atomic E-state index is 13.8. The zero-order valence-corrected chi connectivity index (χ0v) is 23.4. The van der Waals surface area contributed by atoms with Gasteiger partial charge < -0.3 is 21.7 Å². The van der Waals surface area contributed by atoms with Crippen LogP contribution in [0.1, 0.15) is 76.7 Å². The molecule has 4 atom stereocenters. The fraction of sp³-hybridized carbons (Fsp3) is 0.655. The molecule has 0 bridgehead atoms. The van der Waals surface area contributed by atoms with Crippen LogP contribution in [-0.2, 0) is 20.8 Å². The lowest BCUT2D eigenvalue weighted by Gasteiger charge is -2.43. The topological polar surface area (TPSA) is 131 Å². The molecule has 0 radical (unpaired) electrons. The number of aliphatic imine (C=N–C) groups is 1. The number of piperidine rings is 1. The summed E-state index contributed by atoms with van der Waals surface area (Å²) < 4.78 is 0.